The monoisotopic (exact) mass is 407 g/mol. The predicted molar refractivity (Wildman–Crippen MR) is 108 cm³/mol. The van der Waals surface area contributed by atoms with Crippen LogP contribution in [0.15, 0.2) is 65.7 Å². The third-order valence-corrected chi connectivity index (χ3v) is 4.58. The minimum absolute atomic E-state index is 0.110. The van der Waals surface area contributed by atoms with Crippen molar-refractivity contribution in [2.45, 2.75) is 12.8 Å². The number of anilines is 1. The number of aromatic nitrogens is 4. The molecule has 0 radical (unpaired) electrons. The molecule has 30 heavy (non-hydrogen) atoms. The Hall–Kier alpha value is -4.01. The van der Waals surface area contributed by atoms with Crippen LogP contribution in [-0.4, -0.2) is 32.2 Å². The van der Waals surface area contributed by atoms with E-state index >= 15 is 0 Å². The molecule has 0 aliphatic heterocycles. The van der Waals surface area contributed by atoms with Gasteiger partial charge in [0.1, 0.15) is 17.4 Å². The van der Waals surface area contributed by atoms with E-state index in [9.17, 15) is 14.0 Å². The summed E-state index contributed by atoms with van der Waals surface area (Å²) in [5, 5.41) is 10.7. The van der Waals surface area contributed by atoms with Crippen LogP contribution < -0.4 is 15.6 Å². The summed E-state index contributed by atoms with van der Waals surface area (Å²) in [6.07, 6.45) is 3.69. The number of rotatable bonds is 6. The molecule has 0 spiro atoms. The quantitative estimate of drug-likeness (QED) is 0.531. The van der Waals surface area contributed by atoms with Gasteiger partial charge in [0.15, 0.2) is 0 Å². The summed E-state index contributed by atoms with van der Waals surface area (Å²) in [7, 11) is 1.57. The first-order chi connectivity index (χ1) is 14.5. The average molecular weight is 407 g/mol. The smallest absolute Gasteiger partial charge is 0.300 e. The third-order valence-electron chi connectivity index (χ3n) is 4.58. The molecular formula is C21H18FN5O3. The summed E-state index contributed by atoms with van der Waals surface area (Å²) >= 11 is 0. The molecule has 4 aromatic rings. The summed E-state index contributed by atoms with van der Waals surface area (Å²) in [5.74, 6) is 0.459. The first kappa shape index (κ1) is 19.3. The molecule has 0 fully saturated rings. The van der Waals surface area contributed by atoms with Crippen molar-refractivity contribution in [3.8, 4) is 11.4 Å². The van der Waals surface area contributed by atoms with E-state index in [0.717, 1.165) is 0 Å². The van der Waals surface area contributed by atoms with Crippen molar-refractivity contribution in [2.75, 3.05) is 12.4 Å². The predicted octanol–water partition coefficient (Wildman–Crippen LogP) is 2.60. The highest BCUT2D eigenvalue weighted by Crippen LogP contribution is 2.14. The third kappa shape index (κ3) is 3.90. The molecule has 0 saturated heterocycles. The molecule has 2 aromatic carbocycles. The van der Waals surface area contributed by atoms with Crippen molar-refractivity contribution in [1.82, 2.24) is 19.2 Å². The van der Waals surface area contributed by atoms with Gasteiger partial charge in [-0.15, -0.1) is 10.2 Å². The Balaban J connectivity index is 1.51. The summed E-state index contributed by atoms with van der Waals surface area (Å²) in [5.41, 5.74) is 0.885. The van der Waals surface area contributed by atoms with Gasteiger partial charge in [-0.05, 0) is 42.5 Å². The number of nitrogens with one attached hydrogen (secondary N) is 1. The maximum absolute atomic E-state index is 13.2. The molecule has 152 valence electrons. The molecule has 2 aromatic heterocycles. The first-order valence-electron chi connectivity index (χ1n) is 9.20. The van der Waals surface area contributed by atoms with Crippen molar-refractivity contribution in [2.24, 2.45) is 0 Å². The molecule has 8 nitrogen and oxygen atoms in total. The van der Waals surface area contributed by atoms with E-state index in [0.29, 0.717) is 22.9 Å². The van der Waals surface area contributed by atoms with Crippen molar-refractivity contribution < 1.29 is 13.9 Å². The van der Waals surface area contributed by atoms with Crippen molar-refractivity contribution in [1.29, 1.82) is 0 Å². The highest BCUT2D eigenvalue weighted by Gasteiger charge is 2.13. The van der Waals surface area contributed by atoms with Crippen LogP contribution in [-0.2, 0) is 11.2 Å². The Morgan fingerprint density at radius 2 is 1.93 bits per heavy atom. The molecule has 0 bridgehead atoms. The van der Waals surface area contributed by atoms with Gasteiger partial charge in [0.25, 0.3) is 0 Å². The van der Waals surface area contributed by atoms with Crippen LogP contribution >= 0.6 is 0 Å². The number of hydrogen-bond acceptors (Lipinski definition) is 5. The molecular weight excluding hydrogens is 389 g/mol. The maximum atomic E-state index is 13.2. The SMILES string of the molecule is COc1ccc(-n2ccn3c(CCC(=O)Nc4cccc(F)c4)nnc3c2=O)cc1. The van der Waals surface area contributed by atoms with Crippen LogP contribution in [0.3, 0.4) is 0 Å². The fourth-order valence-electron chi connectivity index (χ4n) is 3.07. The zero-order chi connectivity index (χ0) is 21.1. The second-order valence-electron chi connectivity index (χ2n) is 6.54. The van der Waals surface area contributed by atoms with E-state index in [1.165, 1.54) is 22.8 Å². The number of aryl methyl sites for hydroxylation is 1. The Kier molecular flexibility index (Phi) is 5.25. The number of methoxy groups -OCH3 is 1. The average Bonchev–Trinajstić information content (AvgIpc) is 3.17. The van der Waals surface area contributed by atoms with E-state index in [2.05, 4.69) is 15.5 Å². The van der Waals surface area contributed by atoms with Crippen molar-refractivity contribution >= 4 is 17.2 Å². The van der Waals surface area contributed by atoms with Crippen LogP contribution in [0.4, 0.5) is 10.1 Å². The van der Waals surface area contributed by atoms with E-state index in [1.807, 2.05) is 0 Å². The summed E-state index contributed by atoms with van der Waals surface area (Å²) < 4.78 is 21.4. The second kappa shape index (κ2) is 8.16. The van der Waals surface area contributed by atoms with Gasteiger partial charge in [0.2, 0.25) is 11.6 Å². The lowest BCUT2D eigenvalue weighted by atomic mass is 10.2. The number of halogens is 1. The number of benzene rings is 2. The number of nitrogens with zero attached hydrogens (tertiary/aromatic N) is 4. The van der Waals surface area contributed by atoms with Gasteiger partial charge < -0.3 is 10.1 Å². The maximum Gasteiger partial charge on any atom is 0.300 e. The van der Waals surface area contributed by atoms with Gasteiger partial charge in [-0.1, -0.05) is 6.07 Å². The van der Waals surface area contributed by atoms with Gasteiger partial charge in [-0.2, -0.15) is 0 Å². The van der Waals surface area contributed by atoms with Crippen LogP contribution in [0.25, 0.3) is 11.3 Å². The molecule has 0 unspecified atom stereocenters. The van der Waals surface area contributed by atoms with Crippen LogP contribution in [0, 0.1) is 5.82 Å². The minimum Gasteiger partial charge on any atom is -0.497 e. The number of fused-ring (bicyclic) bond motifs is 1. The van der Waals surface area contributed by atoms with Gasteiger partial charge in [0.05, 0.1) is 7.11 Å². The topological polar surface area (TPSA) is 90.5 Å². The lowest BCUT2D eigenvalue weighted by molar-refractivity contribution is -0.116. The number of hydrogen-bond donors (Lipinski definition) is 1. The Morgan fingerprint density at radius 1 is 1.13 bits per heavy atom. The molecule has 4 rings (SSSR count). The molecule has 1 N–H and O–H groups in total. The Labute approximate surface area is 170 Å². The highest BCUT2D eigenvalue weighted by molar-refractivity contribution is 5.90. The van der Waals surface area contributed by atoms with Gasteiger partial charge in [0, 0.05) is 36.6 Å². The highest BCUT2D eigenvalue weighted by atomic mass is 19.1. The van der Waals surface area contributed by atoms with Crippen LogP contribution in [0.5, 0.6) is 5.75 Å². The molecule has 0 atom stereocenters. The number of carbonyl (C=O) groups is 1. The van der Waals surface area contributed by atoms with Gasteiger partial charge >= 0.3 is 5.56 Å². The molecule has 9 heteroatoms. The van der Waals surface area contributed by atoms with Gasteiger partial charge in [-0.25, -0.2) is 4.39 Å². The lowest BCUT2D eigenvalue weighted by Gasteiger charge is -2.08. The molecule has 0 aliphatic rings. The minimum atomic E-state index is -0.426. The Morgan fingerprint density at radius 3 is 2.67 bits per heavy atom. The molecule has 0 saturated carbocycles. The number of carbonyl (C=O) groups excluding carboxylic acids is 1. The molecule has 2 heterocycles. The van der Waals surface area contributed by atoms with Gasteiger partial charge in [-0.3, -0.25) is 18.6 Å². The van der Waals surface area contributed by atoms with Crippen LogP contribution in [0.2, 0.25) is 0 Å². The molecule has 0 aliphatic carbocycles. The Bertz CT molecular complexity index is 1260. The second-order valence-corrected chi connectivity index (χ2v) is 6.54. The van der Waals surface area contributed by atoms with Crippen LogP contribution in [0.1, 0.15) is 12.2 Å². The number of amides is 1. The van der Waals surface area contributed by atoms with E-state index in [-0.39, 0.29) is 30.0 Å². The standard InChI is InChI=1S/C21H18FN5O3/c1-30-17-7-5-16(6-8-17)26-11-12-27-18(24-25-20(27)21(26)29)9-10-19(28)23-15-4-2-3-14(22)13-15/h2-8,11-13H,9-10H2,1H3,(H,23,28). The largest absolute Gasteiger partial charge is 0.497 e. The zero-order valence-electron chi connectivity index (χ0n) is 16.1. The zero-order valence-corrected chi connectivity index (χ0v) is 16.1. The normalized spacial score (nSPS) is 10.9. The van der Waals surface area contributed by atoms with E-state index < -0.39 is 5.82 Å². The molecule has 1 amide bonds. The van der Waals surface area contributed by atoms with E-state index in [4.69, 9.17) is 4.74 Å². The summed E-state index contributed by atoms with van der Waals surface area (Å²) in [6.45, 7) is 0. The van der Waals surface area contributed by atoms with Crippen molar-refractivity contribution in [3.63, 3.8) is 0 Å². The summed E-state index contributed by atoms with van der Waals surface area (Å²) in [6, 6.07) is 12.7. The first-order valence-corrected chi connectivity index (χ1v) is 9.20. The van der Waals surface area contributed by atoms with Crippen molar-refractivity contribution in [3.05, 3.63) is 82.9 Å². The fourth-order valence-corrected chi connectivity index (χ4v) is 3.07. The van der Waals surface area contributed by atoms with E-state index in [1.54, 1.807) is 54.2 Å². The number of ether oxygens (including phenoxy) is 1. The lowest BCUT2D eigenvalue weighted by Crippen LogP contribution is -2.20. The summed E-state index contributed by atoms with van der Waals surface area (Å²) in [4.78, 5) is 24.9. The fraction of sp³-hybridized carbons (Fsp3) is 0.143.